The zero-order valence-electron chi connectivity index (χ0n) is 19.9. The minimum Gasteiger partial charge on any atom is -0.372 e. The summed E-state index contributed by atoms with van der Waals surface area (Å²) >= 11 is 0. The van der Waals surface area contributed by atoms with Gasteiger partial charge < -0.3 is 15.5 Å². The number of carbonyl (C=O) groups excluding carboxylic acids is 2. The summed E-state index contributed by atoms with van der Waals surface area (Å²) in [5.74, 6) is -0.143. The van der Waals surface area contributed by atoms with Crippen LogP contribution in [-0.2, 0) is 26.0 Å². The van der Waals surface area contributed by atoms with Crippen LogP contribution in [0, 0.1) is 6.92 Å². The fraction of sp³-hybridized carbons (Fsp3) is 0.440. The minimum atomic E-state index is -3.67. The Hall–Kier alpha value is -2.91. The number of amides is 2. The molecule has 3 N–H and O–H groups in total. The highest BCUT2D eigenvalue weighted by molar-refractivity contribution is 7.89. The first kappa shape index (κ1) is 25.7. The van der Waals surface area contributed by atoms with E-state index in [0.717, 1.165) is 25.1 Å². The second-order valence-electron chi connectivity index (χ2n) is 8.49. The lowest BCUT2D eigenvalue weighted by atomic mass is 10.0. The van der Waals surface area contributed by atoms with Crippen LogP contribution in [0.4, 0.5) is 11.4 Å². The molecular weight excluding hydrogens is 452 g/mol. The third kappa shape index (κ3) is 7.30. The van der Waals surface area contributed by atoms with Crippen molar-refractivity contribution in [1.29, 1.82) is 0 Å². The average molecular weight is 487 g/mol. The SMILES string of the molecule is CCN(CCCNC(=O)CCCNS(=O)(=O)c1ccc2c(c1)CCC(=O)N2)c1cccc(C)c1. The summed E-state index contributed by atoms with van der Waals surface area (Å²) in [6.45, 7) is 6.70. The molecule has 9 heteroatoms. The summed E-state index contributed by atoms with van der Waals surface area (Å²) in [4.78, 5) is 26.0. The molecule has 0 atom stereocenters. The molecule has 0 aliphatic carbocycles. The van der Waals surface area contributed by atoms with Crippen molar-refractivity contribution in [2.45, 2.75) is 50.8 Å². The Morgan fingerprint density at radius 3 is 2.68 bits per heavy atom. The van der Waals surface area contributed by atoms with Gasteiger partial charge in [0, 0.05) is 50.4 Å². The van der Waals surface area contributed by atoms with E-state index in [-0.39, 0.29) is 29.7 Å². The summed E-state index contributed by atoms with van der Waals surface area (Å²) in [5, 5.41) is 5.66. The summed E-state index contributed by atoms with van der Waals surface area (Å²) in [6.07, 6.45) is 2.37. The summed E-state index contributed by atoms with van der Waals surface area (Å²) in [6, 6.07) is 13.1. The second-order valence-corrected chi connectivity index (χ2v) is 10.3. The third-order valence-electron chi connectivity index (χ3n) is 5.83. The van der Waals surface area contributed by atoms with Crippen LogP contribution in [-0.4, -0.2) is 46.4 Å². The Bertz CT molecular complexity index is 1120. The van der Waals surface area contributed by atoms with E-state index in [4.69, 9.17) is 0 Å². The minimum absolute atomic E-state index is 0.0616. The van der Waals surface area contributed by atoms with Crippen molar-refractivity contribution < 1.29 is 18.0 Å². The van der Waals surface area contributed by atoms with E-state index < -0.39 is 10.0 Å². The number of benzene rings is 2. The van der Waals surface area contributed by atoms with Crippen LogP contribution < -0.4 is 20.3 Å². The van der Waals surface area contributed by atoms with E-state index in [0.29, 0.717) is 31.5 Å². The van der Waals surface area contributed by atoms with Gasteiger partial charge >= 0.3 is 0 Å². The highest BCUT2D eigenvalue weighted by Gasteiger charge is 2.19. The number of aryl methyl sites for hydroxylation is 2. The number of nitrogens with one attached hydrogen (secondary N) is 3. The summed E-state index contributed by atoms with van der Waals surface area (Å²) in [7, 11) is -3.67. The highest BCUT2D eigenvalue weighted by Crippen LogP contribution is 2.25. The molecule has 0 bridgehead atoms. The smallest absolute Gasteiger partial charge is 0.240 e. The Balaban J connectivity index is 1.35. The molecule has 0 fully saturated rings. The number of hydrogen-bond acceptors (Lipinski definition) is 5. The Labute approximate surface area is 202 Å². The van der Waals surface area contributed by atoms with Gasteiger partial charge in [0.05, 0.1) is 4.90 Å². The zero-order valence-corrected chi connectivity index (χ0v) is 20.7. The van der Waals surface area contributed by atoms with Crippen molar-refractivity contribution >= 4 is 33.2 Å². The van der Waals surface area contributed by atoms with Crippen molar-refractivity contribution in [3.63, 3.8) is 0 Å². The van der Waals surface area contributed by atoms with E-state index >= 15 is 0 Å². The number of nitrogens with zero attached hydrogens (tertiary/aromatic N) is 1. The van der Waals surface area contributed by atoms with Gasteiger partial charge in [0.2, 0.25) is 21.8 Å². The van der Waals surface area contributed by atoms with Crippen LogP contribution >= 0.6 is 0 Å². The van der Waals surface area contributed by atoms with Crippen molar-refractivity contribution in [3.8, 4) is 0 Å². The van der Waals surface area contributed by atoms with Gasteiger partial charge in [0.25, 0.3) is 0 Å². The van der Waals surface area contributed by atoms with Gasteiger partial charge in [-0.2, -0.15) is 0 Å². The molecule has 0 aromatic heterocycles. The topological polar surface area (TPSA) is 108 Å². The van der Waals surface area contributed by atoms with Crippen molar-refractivity contribution in [2.24, 2.45) is 0 Å². The van der Waals surface area contributed by atoms with E-state index in [1.165, 1.54) is 17.3 Å². The van der Waals surface area contributed by atoms with Crippen LogP contribution in [0.3, 0.4) is 0 Å². The molecule has 0 unspecified atom stereocenters. The molecule has 8 nitrogen and oxygen atoms in total. The maximum atomic E-state index is 12.6. The standard InChI is InChI=1S/C25H34N4O4S/c1-3-29(21-8-4-7-19(2)17-21)16-6-14-26-24(30)9-5-15-27-34(32,33)22-11-12-23-20(18-22)10-13-25(31)28-23/h4,7-8,11-12,17-18,27H,3,5-6,9-10,13-16H2,1-2H3,(H,26,30)(H,28,31). The molecule has 1 aliphatic heterocycles. The number of carbonyl (C=O) groups is 2. The van der Waals surface area contributed by atoms with Crippen LogP contribution in [0.25, 0.3) is 0 Å². The maximum absolute atomic E-state index is 12.6. The lowest BCUT2D eigenvalue weighted by Crippen LogP contribution is -2.31. The van der Waals surface area contributed by atoms with Gasteiger partial charge in [-0.3, -0.25) is 9.59 Å². The summed E-state index contributed by atoms with van der Waals surface area (Å²) in [5.41, 5.74) is 3.88. The molecule has 1 aliphatic rings. The van der Waals surface area contributed by atoms with E-state index in [2.05, 4.69) is 52.3 Å². The average Bonchev–Trinajstić information content (AvgIpc) is 2.81. The molecule has 184 valence electrons. The van der Waals surface area contributed by atoms with Crippen molar-refractivity contribution in [2.75, 3.05) is 36.4 Å². The third-order valence-corrected chi connectivity index (χ3v) is 7.29. The Morgan fingerprint density at radius 1 is 1.09 bits per heavy atom. The molecule has 0 saturated carbocycles. The summed E-state index contributed by atoms with van der Waals surface area (Å²) < 4.78 is 27.7. The quantitative estimate of drug-likeness (QED) is 0.400. The van der Waals surface area contributed by atoms with Crippen molar-refractivity contribution in [3.05, 3.63) is 53.6 Å². The molecule has 0 radical (unpaired) electrons. The number of hydrogen-bond donors (Lipinski definition) is 3. The first-order valence-electron chi connectivity index (χ1n) is 11.8. The van der Waals surface area contributed by atoms with Gasteiger partial charge in [0.15, 0.2) is 0 Å². The molecule has 0 spiro atoms. The molecule has 1 heterocycles. The molecule has 2 amide bonds. The number of sulfonamides is 1. The normalized spacial score (nSPS) is 13.2. The molecule has 34 heavy (non-hydrogen) atoms. The molecule has 2 aromatic carbocycles. The van der Waals surface area contributed by atoms with E-state index in [1.807, 2.05) is 6.07 Å². The van der Waals surface area contributed by atoms with Crippen LogP contribution in [0.15, 0.2) is 47.4 Å². The molecule has 3 rings (SSSR count). The maximum Gasteiger partial charge on any atom is 0.240 e. The predicted octanol–water partition coefficient (Wildman–Crippen LogP) is 2.97. The fourth-order valence-electron chi connectivity index (χ4n) is 3.95. The second kappa shape index (κ2) is 12.0. The molecule has 0 saturated heterocycles. The molecular formula is C25H34N4O4S. The number of rotatable bonds is 12. The van der Waals surface area contributed by atoms with Crippen molar-refractivity contribution in [1.82, 2.24) is 10.0 Å². The lowest BCUT2D eigenvalue weighted by molar-refractivity contribution is -0.121. The first-order chi connectivity index (χ1) is 16.3. The highest BCUT2D eigenvalue weighted by atomic mass is 32.2. The number of anilines is 2. The monoisotopic (exact) mass is 486 g/mol. The van der Waals surface area contributed by atoms with Crippen LogP contribution in [0.1, 0.15) is 43.7 Å². The van der Waals surface area contributed by atoms with Crippen LogP contribution in [0.2, 0.25) is 0 Å². The largest absolute Gasteiger partial charge is 0.372 e. The fourth-order valence-corrected chi connectivity index (χ4v) is 5.07. The van der Waals surface area contributed by atoms with Gasteiger partial charge in [0.1, 0.15) is 0 Å². The predicted molar refractivity (Wildman–Crippen MR) is 135 cm³/mol. The van der Waals surface area contributed by atoms with Gasteiger partial charge in [-0.25, -0.2) is 13.1 Å². The zero-order chi connectivity index (χ0) is 24.6. The number of fused-ring (bicyclic) bond motifs is 1. The Kier molecular flexibility index (Phi) is 9.06. The van der Waals surface area contributed by atoms with E-state index in [9.17, 15) is 18.0 Å². The van der Waals surface area contributed by atoms with E-state index in [1.54, 1.807) is 12.1 Å². The van der Waals surface area contributed by atoms with Crippen LogP contribution in [0.5, 0.6) is 0 Å². The lowest BCUT2D eigenvalue weighted by Gasteiger charge is -2.23. The Morgan fingerprint density at radius 2 is 1.91 bits per heavy atom. The first-order valence-corrected chi connectivity index (χ1v) is 13.3. The molecule has 2 aromatic rings. The van der Waals surface area contributed by atoms with Gasteiger partial charge in [-0.05, 0) is 74.6 Å². The van der Waals surface area contributed by atoms with Gasteiger partial charge in [-0.15, -0.1) is 0 Å². The van der Waals surface area contributed by atoms with Gasteiger partial charge in [-0.1, -0.05) is 12.1 Å².